The van der Waals surface area contributed by atoms with Gasteiger partial charge in [0.15, 0.2) is 0 Å². The predicted molar refractivity (Wildman–Crippen MR) is 68.8 cm³/mol. The first-order valence-corrected chi connectivity index (χ1v) is 6.48. The summed E-state index contributed by atoms with van der Waals surface area (Å²) in [6.45, 7) is 6.48. The maximum atomic E-state index is 5.72. The van der Waals surface area contributed by atoms with Crippen molar-refractivity contribution in [2.45, 2.75) is 32.7 Å². The molecule has 0 bridgehead atoms. The van der Waals surface area contributed by atoms with Gasteiger partial charge in [0.25, 0.3) is 0 Å². The molecule has 1 aromatic carbocycles. The van der Waals surface area contributed by atoms with E-state index in [2.05, 4.69) is 11.4 Å². The molecule has 2 rings (SSSR count). The van der Waals surface area contributed by atoms with E-state index >= 15 is 0 Å². The molecule has 1 atom stereocenters. The largest absolute Gasteiger partial charge is 0.494 e. The summed E-state index contributed by atoms with van der Waals surface area (Å²) in [5.74, 6) is 1.84. The van der Waals surface area contributed by atoms with E-state index in [0.29, 0.717) is 19.3 Å². The van der Waals surface area contributed by atoms with Gasteiger partial charge in [0.1, 0.15) is 11.5 Å². The summed E-state index contributed by atoms with van der Waals surface area (Å²) in [5.41, 5.74) is 1.26. The Kier molecular flexibility index (Phi) is 4.26. The molecule has 3 heteroatoms. The number of nitrogens with one attached hydrogen (secondary N) is 1. The summed E-state index contributed by atoms with van der Waals surface area (Å²) in [6, 6.07) is 6.59. The van der Waals surface area contributed by atoms with Gasteiger partial charge in [0.2, 0.25) is 0 Å². The molecule has 3 nitrogen and oxygen atoms in total. The second-order valence-electron chi connectivity index (χ2n) is 4.21. The lowest BCUT2D eigenvalue weighted by Crippen LogP contribution is -2.14. The van der Waals surface area contributed by atoms with Gasteiger partial charge in [-0.15, -0.1) is 0 Å². The van der Waals surface area contributed by atoms with Crippen LogP contribution in [0.25, 0.3) is 0 Å². The lowest BCUT2D eigenvalue weighted by molar-refractivity contribution is 0.318. The Morgan fingerprint density at radius 1 is 1.24 bits per heavy atom. The molecule has 0 unspecified atom stereocenters. The van der Waals surface area contributed by atoms with Crippen LogP contribution in [0.3, 0.4) is 0 Å². The second-order valence-corrected chi connectivity index (χ2v) is 4.21. The zero-order chi connectivity index (χ0) is 12.1. The molecule has 0 aromatic heterocycles. The van der Waals surface area contributed by atoms with E-state index in [9.17, 15) is 0 Å². The van der Waals surface area contributed by atoms with Crippen LogP contribution < -0.4 is 14.8 Å². The van der Waals surface area contributed by atoms with Gasteiger partial charge in [0.05, 0.1) is 13.2 Å². The first-order valence-electron chi connectivity index (χ1n) is 6.48. The molecule has 1 aliphatic heterocycles. The molecule has 17 heavy (non-hydrogen) atoms. The van der Waals surface area contributed by atoms with Crippen LogP contribution in [0.5, 0.6) is 11.5 Å². The summed E-state index contributed by atoms with van der Waals surface area (Å²) in [6.07, 6.45) is 2.43. The third kappa shape index (κ3) is 2.91. The van der Waals surface area contributed by atoms with Crippen LogP contribution in [0.15, 0.2) is 18.2 Å². The highest BCUT2D eigenvalue weighted by atomic mass is 16.5. The lowest BCUT2D eigenvalue weighted by Gasteiger charge is -2.17. The normalized spacial score (nSPS) is 19.3. The van der Waals surface area contributed by atoms with Crippen molar-refractivity contribution in [3.63, 3.8) is 0 Å². The molecule has 0 radical (unpaired) electrons. The Bertz CT molecular complexity index is 359. The van der Waals surface area contributed by atoms with Crippen LogP contribution in [-0.2, 0) is 0 Å². The van der Waals surface area contributed by atoms with Crippen molar-refractivity contribution in [1.29, 1.82) is 0 Å². The topological polar surface area (TPSA) is 30.5 Å². The molecule has 0 spiro atoms. The Labute approximate surface area is 103 Å². The molecule has 0 saturated carbocycles. The van der Waals surface area contributed by atoms with Crippen molar-refractivity contribution < 1.29 is 9.47 Å². The minimum atomic E-state index is 0.437. The van der Waals surface area contributed by atoms with Crippen molar-refractivity contribution in [3.8, 4) is 11.5 Å². The Balaban J connectivity index is 2.23. The fourth-order valence-electron chi connectivity index (χ4n) is 2.29. The Morgan fingerprint density at radius 3 is 2.71 bits per heavy atom. The lowest BCUT2D eigenvalue weighted by atomic mass is 10.0. The van der Waals surface area contributed by atoms with Gasteiger partial charge in [-0.2, -0.15) is 0 Å². The van der Waals surface area contributed by atoms with Crippen LogP contribution in [0, 0.1) is 0 Å². The smallest absolute Gasteiger partial charge is 0.127 e. The van der Waals surface area contributed by atoms with Gasteiger partial charge in [-0.05, 0) is 39.3 Å². The van der Waals surface area contributed by atoms with Gasteiger partial charge in [0, 0.05) is 17.7 Å². The number of benzene rings is 1. The number of ether oxygens (including phenoxy) is 2. The average molecular weight is 235 g/mol. The highest BCUT2D eigenvalue weighted by molar-refractivity contribution is 5.42. The average Bonchev–Trinajstić information content (AvgIpc) is 2.84. The highest BCUT2D eigenvalue weighted by Crippen LogP contribution is 2.33. The number of hydrogen-bond acceptors (Lipinski definition) is 3. The van der Waals surface area contributed by atoms with E-state index in [1.165, 1.54) is 18.4 Å². The van der Waals surface area contributed by atoms with Gasteiger partial charge in [-0.1, -0.05) is 6.07 Å². The first kappa shape index (κ1) is 12.2. The van der Waals surface area contributed by atoms with Crippen LogP contribution in [0.1, 0.15) is 38.3 Å². The summed E-state index contributed by atoms with van der Waals surface area (Å²) in [7, 11) is 0. The van der Waals surface area contributed by atoms with Crippen molar-refractivity contribution in [1.82, 2.24) is 5.32 Å². The molecule has 0 amide bonds. The SMILES string of the molecule is CCOc1ccc([C@@H]2CCCN2)c(OCC)c1. The maximum absolute atomic E-state index is 5.72. The highest BCUT2D eigenvalue weighted by Gasteiger charge is 2.20. The van der Waals surface area contributed by atoms with Gasteiger partial charge in [-0.3, -0.25) is 0 Å². The van der Waals surface area contributed by atoms with Crippen LogP contribution in [0.4, 0.5) is 0 Å². The van der Waals surface area contributed by atoms with Crippen molar-refractivity contribution >= 4 is 0 Å². The van der Waals surface area contributed by atoms with Crippen LogP contribution in [0.2, 0.25) is 0 Å². The summed E-state index contributed by atoms with van der Waals surface area (Å²) in [4.78, 5) is 0. The molecular weight excluding hydrogens is 214 g/mol. The molecule has 1 saturated heterocycles. The summed E-state index contributed by atoms with van der Waals surface area (Å²) >= 11 is 0. The number of rotatable bonds is 5. The standard InChI is InChI=1S/C14H21NO2/c1-3-16-11-7-8-12(13-6-5-9-15-13)14(10-11)17-4-2/h7-8,10,13,15H,3-6,9H2,1-2H3/t13-/m0/s1. The van der Waals surface area contributed by atoms with Gasteiger partial charge in [-0.25, -0.2) is 0 Å². The van der Waals surface area contributed by atoms with Crippen LogP contribution in [-0.4, -0.2) is 19.8 Å². The summed E-state index contributed by atoms with van der Waals surface area (Å²) in [5, 5.41) is 3.50. The predicted octanol–water partition coefficient (Wildman–Crippen LogP) is 2.91. The van der Waals surface area contributed by atoms with E-state index in [0.717, 1.165) is 18.0 Å². The molecule has 1 aromatic rings. The van der Waals surface area contributed by atoms with E-state index in [-0.39, 0.29) is 0 Å². The van der Waals surface area contributed by atoms with E-state index < -0.39 is 0 Å². The van der Waals surface area contributed by atoms with E-state index in [1.54, 1.807) is 0 Å². The molecule has 1 N–H and O–H groups in total. The van der Waals surface area contributed by atoms with E-state index in [4.69, 9.17) is 9.47 Å². The maximum Gasteiger partial charge on any atom is 0.127 e. The quantitative estimate of drug-likeness (QED) is 0.851. The Hall–Kier alpha value is -1.22. The minimum absolute atomic E-state index is 0.437. The molecule has 94 valence electrons. The minimum Gasteiger partial charge on any atom is -0.494 e. The molecule has 1 aliphatic rings. The van der Waals surface area contributed by atoms with E-state index in [1.807, 2.05) is 26.0 Å². The molecular formula is C14H21NO2. The monoisotopic (exact) mass is 235 g/mol. The molecule has 1 heterocycles. The third-order valence-electron chi connectivity index (χ3n) is 3.03. The zero-order valence-corrected chi connectivity index (χ0v) is 10.7. The first-order chi connectivity index (χ1) is 8.35. The van der Waals surface area contributed by atoms with Crippen LogP contribution >= 0.6 is 0 Å². The number of hydrogen-bond donors (Lipinski definition) is 1. The third-order valence-corrected chi connectivity index (χ3v) is 3.03. The fraction of sp³-hybridized carbons (Fsp3) is 0.571. The van der Waals surface area contributed by atoms with Gasteiger partial charge >= 0.3 is 0 Å². The van der Waals surface area contributed by atoms with Crippen molar-refractivity contribution in [2.75, 3.05) is 19.8 Å². The molecule has 1 fully saturated rings. The zero-order valence-electron chi connectivity index (χ0n) is 10.7. The Morgan fingerprint density at radius 2 is 2.06 bits per heavy atom. The fourth-order valence-corrected chi connectivity index (χ4v) is 2.29. The van der Waals surface area contributed by atoms with Gasteiger partial charge < -0.3 is 14.8 Å². The van der Waals surface area contributed by atoms with Crippen molar-refractivity contribution in [2.24, 2.45) is 0 Å². The molecule has 0 aliphatic carbocycles. The second kappa shape index (κ2) is 5.92. The van der Waals surface area contributed by atoms with Crippen molar-refractivity contribution in [3.05, 3.63) is 23.8 Å². The summed E-state index contributed by atoms with van der Waals surface area (Å²) < 4.78 is 11.2.